The van der Waals surface area contributed by atoms with Gasteiger partial charge in [-0.25, -0.2) is 4.79 Å². The molecule has 1 aliphatic rings. The van der Waals surface area contributed by atoms with Gasteiger partial charge in [0.1, 0.15) is 17.7 Å². The Hall–Kier alpha value is -3.00. The van der Waals surface area contributed by atoms with Crippen LogP contribution in [-0.4, -0.2) is 46.2 Å². The molecule has 36 heavy (non-hydrogen) atoms. The minimum atomic E-state index is -0.940. The van der Waals surface area contributed by atoms with Gasteiger partial charge in [0.05, 0.1) is 0 Å². The lowest BCUT2D eigenvalue weighted by molar-refractivity contribution is -0.143. The van der Waals surface area contributed by atoms with Crippen molar-refractivity contribution < 1.29 is 19.1 Å². The number of carbonyl (C=O) groups is 3. The van der Waals surface area contributed by atoms with Crippen molar-refractivity contribution in [3.8, 4) is 0 Å². The Labute approximate surface area is 219 Å². The molecule has 2 aromatic rings. The molecular formula is C28H37N3O4S. The molecule has 0 spiro atoms. The summed E-state index contributed by atoms with van der Waals surface area (Å²) in [6.07, 6.45) is 0.0888. The van der Waals surface area contributed by atoms with Crippen molar-refractivity contribution >= 4 is 30.5 Å². The third kappa shape index (κ3) is 7.26. The average molecular weight is 512 g/mol. The Morgan fingerprint density at radius 2 is 1.69 bits per heavy atom. The number of ether oxygens (including phenoxy) is 1. The van der Waals surface area contributed by atoms with Crippen LogP contribution in [0.5, 0.6) is 0 Å². The van der Waals surface area contributed by atoms with E-state index in [0.29, 0.717) is 6.54 Å². The molecule has 3 amide bonds. The van der Waals surface area contributed by atoms with Gasteiger partial charge in [-0.05, 0) is 56.7 Å². The first-order valence-electron chi connectivity index (χ1n) is 12.3. The van der Waals surface area contributed by atoms with E-state index in [-0.39, 0.29) is 29.5 Å². The maximum atomic E-state index is 13.9. The van der Waals surface area contributed by atoms with Gasteiger partial charge in [-0.2, -0.15) is 12.6 Å². The zero-order valence-electron chi connectivity index (χ0n) is 21.7. The molecule has 0 heterocycles. The van der Waals surface area contributed by atoms with E-state index < -0.39 is 23.8 Å². The predicted molar refractivity (Wildman–Crippen MR) is 144 cm³/mol. The smallest absolute Gasteiger partial charge is 0.408 e. The standard InChI is InChI=1S/C28H37N3O4S/c1-18-11-9-10-14-21(18)24(25(32)29-16-20-12-7-6-8-13-20)31(23-15-19(23)2)26(33)22(17-36)30-27(34)35-28(3,4)5/h6-14,19,22-24,36H,15-17H2,1-5H3,(H,29,32)(H,30,34). The van der Waals surface area contributed by atoms with Crippen LogP contribution in [0.25, 0.3) is 0 Å². The van der Waals surface area contributed by atoms with Crippen molar-refractivity contribution in [1.29, 1.82) is 0 Å². The molecule has 4 atom stereocenters. The minimum Gasteiger partial charge on any atom is -0.444 e. The molecule has 0 radical (unpaired) electrons. The first-order valence-corrected chi connectivity index (χ1v) is 12.9. The maximum absolute atomic E-state index is 13.9. The van der Waals surface area contributed by atoms with E-state index in [1.165, 1.54) is 0 Å². The number of benzene rings is 2. The second-order valence-corrected chi connectivity index (χ2v) is 10.7. The van der Waals surface area contributed by atoms with Crippen molar-refractivity contribution in [2.24, 2.45) is 5.92 Å². The Balaban J connectivity index is 1.93. The molecule has 1 fully saturated rings. The number of thiol groups is 1. The van der Waals surface area contributed by atoms with E-state index >= 15 is 0 Å². The third-order valence-electron chi connectivity index (χ3n) is 6.17. The van der Waals surface area contributed by atoms with Gasteiger partial charge in [0, 0.05) is 18.3 Å². The van der Waals surface area contributed by atoms with E-state index in [1.54, 1.807) is 25.7 Å². The van der Waals surface area contributed by atoms with Crippen LogP contribution in [0.4, 0.5) is 4.79 Å². The molecule has 194 valence electrons. The molecule has 3 rings (SSSR count). The van der Waals surface area contributed by atoms with Crippen LogP contribution < -0.4 is 10.6 Å². The fourth-order valence-electron chi connectivity index (χ4n) is 4.18. The number of nitrogens with one attached hydrogen (secondary N) is 2. The molecule has 8 heteroatoms. The molecule has 4 unspecified atom stereocenters. The summed E-state index contributed by atoms with van der Waals surface area (Å²) in [5.41, 5.74) is 1.92. The second kappa shape index (κ2) is 11.8. The van der Waals surface area contributed by atoms with Crippen LogP contribution in [-0.2, 0) is 20.9 Å². The van der Waals surface area contributed by atoms with Crippen LogP contribution in [0.1, 0.15) is 56.8 Å². The Bertz CT molecular complexity index is 1070. The zero-order chi connectivity index (χ0) is 26.5. The van der Waals surface area contributed by atoms with Gasteiger partial charge in [0.2, 0.25) is 11.8 Å². The maximum Gasteiger partial charge on any atom is 0.408 e. The molecule has 0 aliphatic heterocycles. The van der Waals surface area contributed by atoms with Gasteiger partial charge in [-0.15, -0.1) is 0 Å². The molecule has 7 nitrogen and oxygen atoms in total. The average Bonchev–Trinajstić information content (AvgIpc) is 3.54. The van der Waals surface area contributed by atoms with Gasteiger partial charge >= 0.3 is 6.09 Å². The fraction of sp³-hybridized carbons (Fsp3) is 0.464. The summed E-state index contributed by atoms with van der Waals surface area (Å²) in [4.78, 5) is 41.8. The molecule has 2 N–H and O–H groups in total. The van der Waals surface area contributed by atoms with Gasteiger partial charge in [0.25, 0.3) is 0 Å². The molecule has 2 aromatic carbocycles. The number of hydrogen-bond donors (Lipinski definition) is 3. The lowest BCUT2D eigenvalue weighted by atomic mass is 9.97. The molecule has 1 aliphatic carbocycles. The van der Waals surface area contributed by atoms with Crippen LogP contribution in [0.15, 0.2) is 54.6 Å². The highest BCUT2D eigenvalue weighted by molar-refractivity contribution is 7.80. The number of aryl methyl sites for hydroxylation is 1. The number of carbonyl (C=O) groups excluding carboxylic acids is 3. The van der Waals surface area contributed by atoms with Crippen molar-refractivity contribution in [3.05, 3.63) is 71.3 Å². The number of amides is 3. The number of hydrogen-bond acceptors (Lipinski definition) is 5. The molecule has 0 aromatic heterocycles. The summed E-state index contributed by atoms with van der Waals surface area (Å²) in [5.74, 6) is -0.310. The van der Waals surface area contributed by atoms with Crippen LogP contribution in [0.3, 0.4) is 0 Å². The molecular weight excluding hydrogens is 474 g/mol. The highest BCUT2D eigenvalue weighted by atomic mass is 32.1. The Kier molecular flexibility index (Phi) is 9.06. The van der Waals surface area contributed by atoms with Gasteiger partial charge in [0.15, 0.2) is 0 Å². The fourth-order valence-corrected chi connectivity index (χ4v) is 4.43. The monoisotopic (exact) mass is 511 g/mol. The largest absolute Gasteiger partial charge is 0.444 e. The summed E-state index contributed by atoms with van der Waals surface area (Å²) in [7, 11) is 0. The first kappa shape index (κ1) is 27.6. The summed E-state index contributed by atoms with van der Waals surface area (Å²) in [6, 6.07) is 15.3. The second-order valence-electron chi connectivity index (χ2n) is 10.4. The quantitative estimate of drug-likeness (QED) is 0.435. The molecule has 0 saturated heterocycles. The van der Waals surface area contributed by atoms with E-state index in [9.17, 15) is 14.4 Å². The number of rotatable bonds is 9. The Morgan fingerprint density at radius 1 is 1.08 bits per heavy atom. The number of nitrogens with zero attached hydrogens (tertiary/aromatic N) is 1. The zero-order valence-corrected chi connectivity index (χ0v) is 22.5. The molecule has 0 bridgehead atoms. The highest BCUT2D eigenvalue weighted by Gasteiger charge is 2.48. The predicted octanol–water partition coefficient (Wildman–Crippen LogP) is 4.41. The van der Waals surface area contributed by atoms with E-state index in [2.05, 4.69) is 30.2 Å². The third-order valence-corrected chi connectivity index (χ3v) is 6.53. The van der Waals surface area contributed by atoms with E-state index in [0.717, 1.165) is 23.1 Å². The topological polar surface area (TPSA) is 87.7 Å². The highest BCUT2D eigenvalue weighted by Crippen LogP contribution is 2.41. The van der Waals surface area contributed by atoms with Crippen molar-refractivity contribution in [1.82, 2.24) is 15.5 Å². The van der Waals surface area contributed by atoms with Crippen molar-refractivity contribution in [2.75, 3.05) is 5.75 Å². The lowest BCUT2D eigenvalue weighted by Crippen LogP contribution is -2.54. The normalized spacial score (nSPS) is 18.5. The first-order chi connectivity index (χ1) is 17.0. The SMILES string of the molecule is Cc1ccccc1C(C(=O)NCc1ccccc1)N(C(=O)C(CS)NC(=O)OC(C)(C)C)C1CC1C. The minimum absolute atomic E-state index is 0.0712. The number of alkyl carbamates (subject to hydrolysis) is 1. The lowest BCUT2D eigenvalue weighted by Gasteiger charge is -2.35. The molecule has 1 saturated carbocycles. The van der Waals surface area contributed by atoms with Crippen LogP contribution in [0.2, 0.25) is 0 Å². The van der Waals surface area contributed by atoms with Crippen LogP contribution >= 0.6 is 12.6 Å². The Morgan fingerprint density at radius 3 is 2.25 bits per heavy atom. The van der Waals surface area contributed by atoms with Gasteiger partial charge < -0.3 is 20.3 Å². The van der Waals surface area contributed by atoms with E-state index in [4.69, 9.17) is 4.74 Å². The van der Waals surface area contributed by atoms with Crippen molar-refractivity contribution in [3.63, 3.8) is 0 Å². The van der Waals surface area contributed by atoms with Crippen molar-refractivity contribution in [2.45, 2.75) is 71.3 Å². The summed E-state index contributed by atoms with van der Waals surface area (Å²) in [5, 5.41) is 5.68. The van der Waals surface area contributed by atoms with E-state index in [1.807, 2.05) is 61.5 Å². The summed E-state index contributed by atoms with van der Waals surface area (Å²) >= 11 is 4.35. The summed E-state index contributed by atoms with van der Waals surface area (Å²) in [6.45, 7) is 9.60. The van der Waals surface area contributed by atoms with Gasteiger partial charge in [-0.3, -0.25) is 9.59 Å². The summed E-state index contributed by atoms with van der Waals surface area (Å²) < 4.78 is 5.36. The van der Waals surface area contributed by atoms with Crippen LogP contribution in [0, 0.1) is 12.8 Å². The van der Waals surface area contributed by atoms with Gasteiger partial charge in [-0.1, -0.05) is 61.5 Å².